The lowest BCUT2D eigenvalue weighted by molar-refractivity contribution is 0.441. The van der Waals surface area contributed by atoms with E-state index in [0.717, 1.165) is 5.66 Å². The third-order valence-corrected chi connectivity index (χ3v) is 3.64. The molecular formula is C14H34NP. The largest absolute Gasteiger partial charge is 0.328 e. The summed E-state index contributed by atoms with van der Waals surface area (Å²) in [6.45, 7) is 8.46. The van der Waals surface area contributed by atoms with Gasteiger partial charge in [-0.3, -0.25) is 0 Å². The van der Waals surface area contributed by atoms with Crippen LogP contribution in [0.5, 0.6) is 0 Å². The second-order valence-electron chi connectivity index (χ2n) is 4.36. The lowest BCUT2D eigenvalue weighted by Crippen LogP contribution is -2.22. The van der Waals surface area contributed by atoms with E-state index in [1.54, 1.807) is 0 Å². The summed E-state index contributed by atoms with van der Waals surface area (Å²) in [6.07, 6.45) is 10.7. The molecular weight excluding hydrogens is 213 g/mol. The molecule has 2 atom stereocenters. The molecule has 16 heavy (non-hydrogen) atoms. The Labute approximate surface area is 106 Å². The third kappa shape index (κ3) is 14.4. The van der Waals surface area contributed by atoms with Crippen molar-refractivity contribution in [2.24, 2.45) is 5.73 Å². The minimum atomic E-state index is 0.536. The average Bonchev–Trinajstić information content (AvgIpc) is 2.34. The van der Waals surface area contributed by atoms with Crippen LogP contribution in [0.1, 0.15) is 79.1 Å². The predicted molar refractivity (Wildman–Crippen MR) is 81.1 cm³/mol. The molecule has 2 heteroatoms. The molecule has 1 nitrogen and oxygen atoms in total. The summed E-state index contributed by atoms with van der Waals surface area (Å²) < 4.78 is 0. The van der Waals surface area contributed by atoms with Crippen LogP contribution in [0.15, 0.2) is 0 Å². The lowest BCUT2D eigenvalue weighted by Gasteiger charge is -2.15. The Hall–Kier alpha value is 0.390. The van der Waals surface area contributed by atoms with Gasteiger partial charge in [0.2, 0.25) is 0 Å². The molecule has 1 aliphatic rings. The van der Waals surface area contributed by atoms with Gasteiger partial charge in [-0.25, -0.2) is 0 Å². The first-order valence-electron chi connectivity index (χ1n) is 7.21. The van der Waals surface area contributed by atoms with Crippen molar-refractivity contribution in [2.75, 3.05) is 0 Å². The normalized spacial score (nSPS) is 17.6. The van der Waals surface area contributed by atoms with Crippen LogP contribution < -0.4 is 5.73 Å². The molecule has 0 aromatic carbocycles. The molecule has 1 fully saturated rings. The van der Waals surface area contributed by atoms with Gasteiger partial charge in [-0.15, -0.1) is 9.24 Å². The van der Waals surface area contributed by atoms with E-state index in [9.17, 15) is 0 Å². The van der Waals surface area contributed by atoms with Crippen LogP contribution in [-0.4, -0.2) is 11.7 Å². The molecule has 1 rings (SSSR count). The SMILES string of the molecule is CC.CCCC(P)CC.NC1CCCCC1. The molecule has 0 heterocycles. The number of rotatable bonds is 3. The molecule has 2 N–H and O–H groups in total. The second-order valence-corrected chi connectivity index (χ2v) is 5.30. The summed E-state index contributed by atoms with van der Waals surface area (Å²) in [4.78, 5) is 0. The van der Waals surface area contributed by atoms with E-state index < -0.39 is 0 Å². The van der Waals surface area contributed by atoms with Crippen LogP contribution in [0.25, 0.3) is 0 Å². The zero-order valence-electron chi connectivity index (χ0n) is 12.0. The van der Waals surface area contributed by atoms with Gasteiger partial charge < -0.3 is 5.73 Å². The molecule has 1 saturated carbocycles. The molecule has 0 saturated heterocycles. The maximum atomic E-state index is 5.63. The molecule has 0 radical (unpaired) electrons. The summed E-state index contributed by atoms with van der Waals surface area (Å²) in [5, 5.41) is 0. The van der Waals surface area contributed by atoms with Gasteiger partial charge in [-0.1, -0.05) is 53.4 Å². The number of hydrogen-bond acceptors (Lipinski definition) is 1. The maximum Gasteiger partial charge on any atom is 0.00388 e. The number of nitrogens with two attached hydrogens (primary N) is 1. The fourth-order valence-corrected chi connectivity index (χ4v) is 2.04. The lowest BCUT2D eigenvalue weighted by atomic mass is 9.97. The molecule has 0 amide bonds. The molecule has 0 spiro atoms. The van der Waals surface area contributed by atoms with Crippen molar-refractivity contribution in [1.82, 2.24) is 0 Å². The maximum absolute atomic E-state index is 5.63. The van der Waals surface area contributed by atoms with Gasteiger partial charge >= 0.3 is 0 Å². The molecule has 0 bridgehead atoms. The van der Waals surface area contributed by atoms with Crippen LogP contribution in [-0.2, 0) is 0 Å². The molecule has 100 valence electrons. The van der Waals surface area contributed by atoms with Gasteiger partial charge in [0.05, 0.1) is 0 Å². The van der Waals surface area contributed by atoms with Crippen molar-refractivity contribution in [3.8, 4) is 0 Å². The smallest absolute Gasteiger partial charge is 0.00388 e. The van der Waals surface area contributed by atoms with Gasteiger partial charge in [0.25, 0.3) is 0 Å². The van der Waals surface area contributed by atoms with Crippen LogP contribution >= 0.6 is 9.24 Å². The highest BCUT2D eigenvalue weighted by Crippen LogP contribution is 2.14. The minimum Gasteiger partial charge on any atom is -0.328 e. The van der Waals surface area contributed by atoms with E-state index in [1.165, 1.54) is 51.4 Å². The van der Waals surface area contributed by atoms with E-state index in [2.05, 4.69) is 23.1 Å². The second kappa shape index (κ2) is 15.4. The van der Waals surface area contributed by atoms with Gasteiger partial charge in [0.1, 0.15) is 0 Å². The first kappa shape index (κ1) is 18.7. The van der Waals surface area contributed by atoms with Gasteiger partial charge in [-0.05, 0) is 31.3 Å². The fraction of sp³-hybridized carbons (Fsp3) is 1.00. The Kier molecular flexibility index (Phi) is 18.0. The van der Waals surface area contributed by atoms with Crippen LogP contribution in [0.4, 0.5) is 0 Å². The Morgan fingerprint density at radius 3 is 1.81 bits per heavy atom. The van der Waals surface area contributed by atoms with Crippen molar-refractivity contribution in [2.45, 2.75) is 90.8 Å². The van der Waals surface area contributed by atoms with Crippen molar-refractivity contribution in [3.63, 3.8) is 0 Å². The Morgan fingerprint density at radius 2 is 1.62 bits per heavy atom. The quantitative estimate of drug-likeness (QED) is 0.716. The highest BCUT2D eigenvalue weighted by atomic mass is 31.0. The Bertz CT molecular complexity index is 109. The number of hydrogen-bond donors (Lipinski definition) is 1. The predicted octanol–water partition coefficient (Wildman–Crippen LogP) is 4.74. The Balaban J connectivity index is 0. The van der Waals surface area contributed by atoms with E-state index >= 15 is 0 Å². The highest BCUT2D eigenvalue weighted by Gasteiger charge is 2.06. The summed E-state index contributed by atoms with van der Waals surface area (Å²) >= 11 is 0. The summed E-state index contributed by atoms with van der Waals surface area (Å²) in [7, 11) is 2.85. The molecule has 0 aromatic rings. The minimum absolute atomic E-state index is 0.536. The zero-order chi connectivity index (χ0) is 12.8. The van der Waals surface area contributed by atoms with Crippen LogP contribution in [0.3, 0.4) is 0 Å². The first-order valence-corrected chi connectivity index (χ1v) is 7.88. The van der Waals surface area contributed by atoms with Crippen molar-refractivity contribution in [1.29, 1.82) is 0 Å². The van der Waals surface area contributed by atoms with Gasteiger partial charge in [0.15, 0.2) is 0 Å². The third-order valence-electron chi connectivity index (χ3n) is 2.83. The molecule has 0 aliphatic heterocycles. The van der Waals surface area contributed by atoms with E-state index in [1.807, 2.05) is 13.8 Å². The van der Waals surface area contributed by atoms with Crippen molar-refractivity contribution in [3.05, 3.63) is 0 Å². The summed E-state index contributed by atoms with van der Waals surface area (Å²) in [5.41, 5.74) is 6.50. The standard InChI is InChI=1S/C6H13N.C6H15P.C2H6/c7-6-4-2-1-3-5-6;1-3-5-6(7)4-2;1-2/h6H,1-5,7H2;6H,3-5,7H2,1-2H3;1-2H3. The fourth-order valence-electron chi connectivity index (χ4n) is 1.71. The zero-order valence-corrected chi connectivity index (χ0v) is 13.1. The van der Waals surface area contributed by atoms with E-state index in [0.29, 0.717) is 6.04 Å². The van der Waals surface area contributed by atoms with Crippen molar-refractivity contribution >= 4 is 9.24 Å². The van der Waals surface area contributed by atoms with Gasteiger partial charge in [-0.2, -0.15) is 0 Å². The monoisotopic (exact) mass is 247 g/mol. The first-order chi connectivity index (χ1) is 7.70. The highest BCUT2D eigenvalue weighted by molar-refractivity contribution is 7.17. The van der Waals surface area contributed by atoms with Gasteiger partial charge in [0, 0.05) is 6.04 Å². The Morgan fingerprint density at radius 1 is 1.12 bits per heavy atom. The summed E-state index contributed by atoms with van der Waals surface area (Å²) in [6, 6.07) is 0.536. The molecule has 1 aliphatic carbocycles. The summed E-state index contributed by atoms with van der Waals surface area (Å²) in [5.74, 6) is 0. The molecule has 2 unspecified atom stereocenters. The van der Waals surface area contributed by atoms with Crippen LogP contribution in [0, 0.1) is 0 Å². The topological polar surface area (TPSA) is 26.0 Å². The van der Waals surface area contributed by atoms with Crippen molar-refractivity contribution < 1.29 is 0 Å². The van der Waals surface area contributed by atoms with E-state index in [4.69, 9.17) is 5.73 Å². The molecule has 0 aromatic heterocycles. The average molecular weight is 247 g/mol. The van der Waals surface area contributed by atoms with Crippen LogP contribution in [0.2, 0.25) is 0 Å². The van der Waals surface area contributed by atoms with E-state index in [-0.39, 0.29) is 0 Å².